The lowest BCUT2D eigenvalue weighted by Crippen LogP contribution is -2.43. The summed E-state index contributed by atoms with van der Waals surface area (Å²) in [6.45, 7) is 3.03. The number of rotatable bonds is 4. The number of halogens is 1. The molecule has 0 radical (unpaired) electrons. The number of carbonyl (C=O) groups is 1. The van der Waals surface area contributed by atoms with Crippen molar-refractivity contribution in [3.8, 4) is 0 Å². The molecule has 0 amide bonds. The lowest BCUT2D eigenvalue weighted by atomic mass is 9.85. The van der Waals surface area contributed by atoms with Crippen LogP contribution in [0.1, 0.15) is 32.6 Å². The van der Waals surface area contributed by atoms with Crippen LogP contribution in [0.15, 0.2) is 0 Å². The highest BCUT2D eigenvalue weighted by molar-refractivity contribution is 9.10. The fourth-order valence-corrected chi connectivity index (χ4v) is 3.19. The zero-order chi connectivity index (χ0) is 12.1. The summed E-state index contributed by atoms with van der Waals surface area (Å²) in [4.78, 5) is 13.4. The van der Waals surface area contributed by atoms with Crippen LogP contribution in [0.5, 0.6) is 0 Å². The Morgan fingerprint density at radius 3 is 2.69 bits per heavy atom. The largest absolute Gasteiger partial charge is 0.468 e. The highest BCUT2D eigenvalue weighted by Gasteiger charge is 2.27. The molecule has 3 atom stereocenters. The molecule has 0 aromatic heterocycles. The fourth-order valence-electron chi connectivity index (χ4n) is 2.54. The van der Waals surface area contributed by atoms with Crippen LogP contribution in [0.2, 0.25) is 0 Å². The quantitative estimate of drug-likeness (QED) is 0.589. The first-order valence-electron chi connectivity index (χ1n) is 5.98. The van der Waals surface area contributed by atoms with Crippen LogP contribution < -0.4 is 0 Å². The number of ether oxygens (including phenoxy) is 1. The molecule has 1 fully saturated rings. The van der Waals surface area contributed by atoms with Gasteiger partial charge in [-0.05, 0) is 25.8 Å². The van der Waals surface area contributed by atoms with E-state index in [-0.39, 0.29) is 10.8 Å². The molecule has 1 aliphatic carbocycles. The van der Waals surface area contributed by atoms with Crippen LogP contribution >= 0.6 is 15.9 Å². The maximum Gasteiger partial charge on any atom is 0.320 e. The third kappa shape index (κ3) is 3.74. The summed E-state index contributed by atoms with van der Waals surface area (Å²) in [5.74, 6) is 0.548. The van der Waals surface area contributed by atoms with E-state index in [9.17, 15) is 4.79 Å². The van der Waals surface area contributed by atoms with Gasteiger partial charge in [0.2, 0.25) is 0 Å². The highest BCUT2D eigenvalue weighted by Crippen LogP contribution is 2.27. The van der Waals surface area contributed by atoms with Crippen LogP contribution in [0.25, 0.3) is 0 Å². The summed E-state index contributed by atoms with van der Waals surface area (Å²) in [5.41, 5.74) is 0. The Morgan fingerprint density at radius 1 is 1.50 bits per heavy atom. The summed E-state index contributed by atoms with van der Waals surface area (Å²) in [6.07, 6.45) is 5.21. The van der Waals surface area contributed by atoms with Crippen molar-refractivity contribution in [1.82, 2.24) is 4.90 Å². The predicted molar refractivity (Wildman–Crippen MR) is 68.8 cm³/mol. The Hall–Kier alpha value is -0.0900. The third-order valence-electron chi connectivity index (χ3n) is 3.54. The molecule has 0 heterocycles. The molecule has 0 aromatic rings. The average Bonchev–Trinajstić information content (AvgIpc) is 2.28. The standard InChI is InChI=1S/C12H22BrNO2/c1-9-6-4-5-7-11(9)14(2)8-10(13)12(15)16-3/h9-11H,4-8H2,1-3H3. The minimum Gasteiger partial charge on any atom is -0.468 e. The molecular formula is C12H22BrNO2. The maximum absolute atomic E-state index is 11.3. The summed E-state index contributed by atoms with van der Waals surface area (Å²) >= 11 is 3.37. The number of methoxy groups -OCH3 is 1. The summed E-state index contributed by atoms with van der Waals surface area (Å²) in [5, 5.41) is 0. The normalized spacial score (nSPS) is 27.8. The van der Waals surface area contributed by atoms with Gasteiger partial charge in [0.05, 0.1) is 7.11 Å². The van der Waals surface area contributed by atoms with Crippen LogP contribution in [0, 0.1) is 5.92 Å². The monoisotopic (exact) mass is 291 g/mol. The molecule has 0 N–H and O–H groups in total. The molecule has 4 heteroatoms. The second kappa shape index (κ2) is 6.60. The molecule has 1 aliphatic rings. The Morgan fingerprint density at radius 2 is 2.12 bits per heavy atom. The van der Waals surface area contributed by atoms with Gasteiger partial charge < -0.3 is 9.64 Å². The SMILES string of the molecule is COC(=O)C(Br)CN(C)C1CCCCC1C. The van der Waals surface area contributed by atoms with Gasteiger partial charge in [-0.3, -0.25) is 4.79 Å². The molecule has 0 aromatic carbocycles. The van der Waals surface area contributed by atoms with E-state index in [1.54, 1.807) is 0 Å². The fraction of sp³-hybridized carbons (Fsp3) is 0.917. The number of carbonyl (C=O) groups excluding carboxylic acids is 1. The van der Waals surface area contributed by atoms with Crippen molar-refractivity contribution < 1.29 is 9.53 Å². The molecular weight excluding hydrogens is 270 g/mol. The number of nitrogens with zero attached hydrogens (tertiary/aromatic N) is 1. The Balaban J connectivity index is 2.44. The molecule has 16 heavy (non-hydrogen) atoms. The van der Waals surface area contributed by atoms with Gasteiger partial charge in [0.15, 0.2) is 0 Å². The summed E-state index contributed by atoms with van der Waals surface area (Å²) in [6, 6.07) is 0.610. The van der Waals surface area contributed by atoms with E-state index in [0.717, 1.165) is 12.5 Å². The first kappa shape index (κ1) is 14.0. The van der Waals surface area contributed by atoms with Crippen molar-refractivity contribution in [1.29, 1.82) is 0 Å². The lowest BCUT2D eigenvalue weighted by molar-refractivity contribution is -0.140. The van der Waals surface area contributed by atoms with Gasteiger partial charge in [-0.25, -0.2) is 0 Å². The Kier molecular flexibility index (Phi) is 5.76. The van der Waals surface area contributed by atoms with Crippen LogP contribution in [0.3, 0.4) is 0 Å². The molecule has 0 aliphatic heterocycles. The molecule has 0 spiro atoms. The van der Waals surface area contributed by atoms with E-state index in [0.29, 0.717) is 6.04 Å². The van der Waals surface area contributed by atoms with E-state index in [2.05, 4.69) is 34.8 Å². The van der Waals surface area contributed by atoms with Gasteiger partial charge >= 0.3 is 5.97 Å². The molecule has 1 rings (SSSR count). The van der Waals surface area contributed by atoms with Gasteiger partial charge in [0.1, 0.15) is 4.83 Å². The minimum absolute atomic E-state index is 0.185. The number of hydrogen-bond donors (Lipinski definition) is 0. The minimum atomic E-state index is -0.211. The second-order valence-electron chi connectivity index (χ2n) is 4.76. The predicted octanol–water partition coefficient (Wildman–Crippen LogP) is 2.43. The number of hydrogen-bond acceptors (Lipinski definition) is 3. The van der Waals surface area contributed by atoms with Gasteiger partial charge in [-0.15, -0.1) is 0 Å². The maximum atomic E-state index is 11.3. The van der Waals surface area contributed by atoms with Crippen molar-refractivity contribution in [2.45, 2.75) is 43.5 Å². The summed E-state index contributed by atoms with van der Waals surface area (Å²) in [7, 11) is 3.53. The van der Waals surface area contributed by atoms with Crippen molar-refractivity contribution in [3.05, 3.63) is 0 Å². The van der Waals surface area contributed by atoms with E-state index in [1.807, 2.05) is 0 Å². The van der Waals surface area contributed by atoms with E-state index < -0.39 is 0 Å². The van der Waals surface area contributed by atoms with Crippen LogP contribution in [-0.2, 0) is 9.53 Å². The first-order valence-corrected chi connectivity index (χ1v) is 6.90. The average molecular weight is 292 g/mol. The second-order valence-corrected chi connectivity index (χ2v) is 5.86. The van der Waals surface area contributed by atoms with Crippen molar-refractivity contribution in [2.24, 2.45) is 5.92 Å². The smallest absolute Gasteiger partial charge is 0.320 e. The summed E-state index contributed by atoms with van der Waals surface area (Å²) < 4.78 is 4.71. The molecule has 0 bridgehead atoms. The van der Waals surface area contributed by atoms with E-state index in [4.69, 9.17) is 4.74 Å². The van der Waals surface area contributed by atoms with Gasteiger partial charge in [0, 0.05) is 12.6 Å². The first-order chi connectivity index (χ1) is 7.56. The Bertz CT molecular complexity index is 235. The van der Waals surface area contributed by atoms with E-state index >= 15 is 0 Å². The number of esters is 1. The highest BCUT2D eigenvalue weighted by atomic mass is 79.9. The van der Waals surface area contributed by atoms with Gasteiger partial charge in [-0.1, -0.05) is 35.7 Å². The van der Waals surface area contributed by atoms with E-state index in [1.165, 1.54) is 32.8 Å². The lowest BCUT2D eigenvalue weighted by Gasteiger charge is -2.36. The van der Waals surface area contributed by atoms with Gasteiger partial charge in [-0.2, -0.15) is 0 Å². The van der Waals surface area contributed by atoms with Crippen molar-refractivity contribution in [3.63, 3.8) is 0 Å². The molecule has 3 unspecified atom stereocenters. The van der Waals surface area contributed by atoms with Crippen molar-refractivity contribution >= 4 is 21.9 Å². The molecule has 3 nitrogen and oxygen atoms in total. The van der Waals surface area contributed by atoms with Crippen LogP contribution in [-0.4, -0.2) is 42.4 Å². The zero-order valence-electron chi connectivity index (χ0n) is 10.4. The molecule has 1 saturated carbocycles. The van der Waals surface area contributed by atoms with Crippen molar-refractivity contribution in [2.75, 3.05) is 20.7 Å². The van der Waals surface area contributed by atoms with Gasteiger partial charge in [0.25, 0.3) is 0 Å². The molecule has 0 saturated heterocycles. The molecule has 94 valence electrons. The van der Waals surface area contributed by atoms with Crippen LogP contribution in [0.4, 0.5) is 0 Å². The number of alkyl halides is 1. The Labute approximate surface area is 107 Å². The third-order valence-corrected chi connectivity index (χ3v) is 4.20. The zero-order valence-corrected chi connectivity index (χ0v) is 12.0. The topological polar surface area (TPSA) is 29.5 Å².